The Morgan fingerprint density at radius 1 is 1.11 bits per heavy atom. The Morgan fingerprint density at radius 2 is 1.84 bits per heavy atom. The van der Waals surface area contributed by atoms with Gasteiger partial charge in [-0.15, -0.1) is 11.3 Å². The number of hydrogen-bond acceptors (Lipinski definition) is 3. The zero-order valence-corrected chi connectivity index (χ0v) is 13.1. The van der Waals surface area contributed by atoms with E-state index in [9.17, 15) is 0 Å². The lowest BCUT2D eigenvalue weighted by molar-refractivity contribution is 0.442. The molecule has 2 fully saturated rings. The lowest BCUT2D eigenvalue weighted by Gasteiger charge is -2.18. The Labute approximate surface area is 121 Å². The summed E-state index contributed by atoms with van der Waals surface area (Å²) in [5.41, 5.74) is 1.44. The number of nitrogens with zero attached hydrogens (tertiary/aromatic N) is 1. The van der Waals surface area contributed by atoms with E-state index in [1.54, 1.807) is 0 Å². The maximum atomic E-state index is 5.05. The number of aromatic nitrogens is 1. The van der Waals surface area contributed by atoms with E-state index in [-0.39, 0.29) is 0 Å². The van der Waals surface area contributed by atoms with Crippen LogP contribution in [0, 0.1) is 0 Å². The molecule has 1 N–H and O–H groups in total. The minimum atomic E-state index is 0.562. The first-order chi connectivity index (χ1) is 9.24. The van der Waals surface area contributed by atoms with Crippen LogP contribution in [0.3, 0.4) is 0 Å². The zero-order valence-electron chi connectivity index (χ0n) is 12.2. The Hall–Kier alpha value is -0.410. The van der Waals surface area contributed by atoms with Crippen molar-refractivity contribution < 1.29 is 0 Å². The standard InChI is InChI=1S/C16H26N2S/c1-11(2)17-10-14-15(12-8-9-12)18-16(19-14)13-6-4-3-5-7-13/h11-13,17H,3-10H2,1-2H3. The first-order valence-corrected chi connectivity index (χ1v) is 8.78. The Kier molecular flexibility index (Phi) is 4.23. The minimum Gasteiger partial charge on any atom is -0.310 e. The molecule has 0 bridgehead atoms. The third-order valence-electron chi connectivity index (χ3n) is 4.33. The van der Waals surface area contributed by atoms with Crippen molar-refractivity contribution >= 4 is 11.3 Å². The van der Waals surface area contributed by atoms with Crippen LogP contribution < -0.4 is 5.32 Å². The molecule has 1 aromatic rings. The first kappa shape index (κ1) is 13.6. The van der Waals surface area contributed by atoms with Gasteiger partial charge in [0.2, 0.25) is 0 Å². The van der Waals surface area contributed by atoms with Crippen LogP contribution in [0.2, 0.25) is 0 Å². The molecule has 0 radical (unpaired) electrons. The quantitative estimate of drug-likeness (QED) is 0.853. The van der Waals surface area contributed by atoms with Gasteiger partial charge in [0.05, 0.1) is 10.7 Å². The van der Waals surface area contributed by atoms with E-state index in [1.807, 2.05) is 11.3 Å². The van der Waals surface area contributed by atoms with E-state index in [1.165, 1.54) is 60.5 Å². The molecule has 0 aliphatic heterocycles. The highest BCUT2D eigenvalue weighted by Gasteiger charge is 2.31. The van der Waals surface area contributed by atoms with E-state index >= 15 is 0 Å². The zero-order chi connectivity index (χ0) is 13.2. The summed E-state index contributed by atoms with van der Waals surface area (Å²) in [4.78, 5) is 6.58. The van der Waals surface area contributed by atoms with Crippen molar-refractivity contribution in [2.24, 2.45) is 0 Å². The Balaban J connectivity index is 1.75. The maximum absolute atomic E-state index is 5.05. The fourth-order valence-corrected chi connectivity index (χ4v) is 4.28. The summed E-state index contributed by atoms with van der Waals surface area (Å²) in [7, 11) is 0. The van der Waals surface area contributed by atoms with Crippen molar-refractivity contribution in [1.29, 1.82) is 0 Å². The highest BCUT2D eigenvalue weighted by molar-refractivity contribution is 7.11. The summed E-state index contributed by atoms with van der Waals surface area (Å²) in [5, 5.41) is 5.02. The summed E-state index contributed by atoms with van der Waals surface area (Å²) in [5.74, 6) is 1.56. The average molecular weight is 278 g/mol. The van der Waals surface area contributed by atoms with Crippen molar-refractivity contribution in [2.45, 2.75) is 83.2 Å². The van der Waals surface area contributed by atoms with E-state index in [0.29, 0.717) is 6.04 Å². The van der Waals surface area contributed by atoms with Crippen LogP contribution >= 0.6 is 11.3 Å². The van der Waals surface area contributed by atoms with Gasteiger partial charge in [0.15, 0.2) is 0 Å². The fourth-order valence-electron chi connectivity index (χ4n) is 3.01. The number of nitrogens with one attached hydrogen (secondary N) is 1. The molecular weight excluding hydrogens is 252 g/mol. The van der Waals surface area contributed by atoms with Gasteiger partial charge in [-0.05, 0) is 25.7 Å². The first-order valence-electron chi connectivity index (χ1n) is 7.97. The molecule has 106 valence electrons. The predicted molar refractivity (Wildman–Crippen MR) is 81.9 cm³/mol. The second-order valence-corrected chi connectivity index (χ2v) is 7.62. The molecule has 0 saturated heterocycles. The van der Waals surface area contributed by atoms with Gasteiger partial charge in [-0.25, -0.2) is 4.98 Å². The smallest absolute Gasteiger partial charge is 0.0962 e. The maximum Gasteiger partial charge on any atom is 0.0962 e. The highest BCUT2D eigenvalue weighted by Crippen LogP contribution is 2.45. The minimum absolute atomic E-state index is 0.562. The molecule has 2 saturated carbocycles. The molecule has 0 atom stereocenters. The molecule has 3 rings (SSSR count). The molecule has 2 nitrogen and oxygen atoms in total. The van der Waals surface area contributed by atoms with Crippen LogP contribution in [0.4, 0.5) is 0 Å². The van der Waals surface area contributed by atoms with Crippen LogP contribution in [0.15, 0.2) is 0 Å². The largest absolute Gasteiger partial charge is 0.310 e. The normalized spacial score (nSPS) is 21.2. The van der Waals surface area contributed by atoms with Gasteiger partial charge >= 0.3 is 0 Å². The summed E-state index contributed by atoms with van der Waals surface area (Å²) in [6.45, 7) is 5.47. The predicted octanol–water partition coefficient (Wildman–Crippen LogP) is 4.57. The lowest BCUT2D eigenvalue weighted by atomic mass is 9.90. The summed E-state index contributed by atoms with van der Waals surface area (Å²) in [6.07, 6.45) is 9.71. The van der Waals surface area contributed by atoms with Gasteiger partial charge in [-0.3, -0.25) is 0 Å². The topological polar surface area (TPSA) is 24.9 Å². The van der Waals surface area contributed by atoms with Crippen LogP contribution in [0.1, 0.15) is 86.2 Å². The second-order valence-electron chi connectivity index (χ2n) is 6.51. The number of hydrogen-bond donors (Lipinski definition) is 1. The summed E-state index contributed by atoms with van der Waals surface area (Å²) >= 11 is 2.00. The van der Waals surface area contributed by atoms with Crippen molar-refractivity contribution in [2.75, 3.05) is 0 Å². The van der Waals surface area contributed by atoms with Crippen LogP contribution in [-0.4, -0.2) is 11.0 Å². The van der Waals surface area contributed by atoms with Gasteiger partial charge in [-0.2, -0.15) is 0 Å². The molecule has 0 spiro atoms. The molecule has 0 amide bonds. The second kappa shape index (κ2) is 5.92. The molecule has 0 unspecified atom stereocenters. The van der Waals surface area contributed by atoms with Crippen molar-refractivity contribution in [3.05, 3.63) is 15.6 Å². The molecule has 0 aromatic carbocycles. The van der Waals surface area contributed by atoms with Crippen molar-refractivity contribution in [1.82, 2.24) is 10.3 Å². The van der Waals surface area contributed by atoms with Gasteiger partial charge in [0, 0.05) is 29.3 Å². The lowest BCUT2D eigenvalue weighted by Crippen LogP contribution is -2.21. The van der Waals surface area contributed by atoms with E-state index in [4.69, 9.17) is 4.98 Å². The monoisotopic (exact) mass is 278 g/mol. The molecule has 3 heteroatoms. The molecule has 19 heavy (non-hydrogen) atoms. The summed E-state index contributed by atoms with van der Waals surface area (Å²) in [6, 6.07) is 0.562. The van der Waals surface area contributed by atoms with Gasteiger partial charge in [0.25, 0.3) is 0 Å². The van der Waals surface area contributed by atoms with E-state index in [0.717, 1.165) is 18.4 Å². The number of rotatable bonds is 5. The third-order valence-corrected chi connectivity index (χ3v) is 5.57. The Bertz CT molecular complexity index is 414. The van der Waals surface area contributed by atoms with Crippen LogP contribution in [0.5, 0.6) is 0 Å². The summed E-state index contributed by atoms with van der Waals surface area (Å²) < 4.78 is 0. The molecule has 2 aliphatic rings. The van der Waals surface area contributed by atoms with Crippen LogP contribution in [-0.2, 0) is 6.54 Å². The third kappa shape index (κ3) is 3.38. The van der Waals surface area contributed by atoms with Crippen molar-refractivity contribution in [3.8, 4) is 0 Å². The molecule has 1 heterocycles. The fraction of sp³-hybridized carbons (Fsp3) is 0.812. The molecular formula is C16H26N2S. The SMILES string of the molecule is CC(C)NCc1sc(C2CCCCC2)nc1C1CC1. The van der Waals surface area contributed by atoms with E-state index < -0.39 is 0 Å². The van der Waals surface area contributed by atoms with Gasteiger partial charge in [-0.1, -0.05) is 33.1 Å². The molecule has 1 aromatic heterocycles. The number of thiazole rings is 1. The van der Waals surface area contributed by atoms with E-state index in [2.05, 4.69) is 19.2 Å². The average Bonchev–Trinajstić information content (AvgIpc) is 3.17. The molecule has 2 aliphatic carbocycles. The van der Waals surface area contributed by atoms with Crippen molar-refractivity contribution in [3.63, 3.8) is 0 Å². The highest BCUT2D eigenvalue weighted by atomic mass is 32.1. The van der Waals surface area contributed by atoms with Gasteiger partial charge < -0.3 is 5.32 Å². The Morgan fingerprint density at radius 3 is 2.47 bits per heavy atom. The van der Waals surface area contributed by atoms with Crippen LogP contribution in [0.25, 0.3) is 0 Å². The van der Waals surface area contributed by atoms with Gasteiger partial charge in [0.1, 0.15) is 0 Å².